The van der Waals surface area contributed by atoms with Crippen molar-refractivity contribution in [1.82, 2.24) is 24.9 Å². The Morgan fingerprint density at radius 1 is 1.00 bits per heavy atom. The molecule has 0 spiro atoms. The van der Waals surface area contributed by atoms with Gasteiger partial charge in [-0.15, -0.1) is 0 Å². The first-order valence-electron chi connectivity index (χ1n) is 14.9. The molecule has 0 saturated carbocycles. The van der Waals surface area contributed by atoms with E-state index in [9.17, 15) is 29.4 Å². The zero-order valence-corrected chi connectivity index (χ0v) is 25.4. The third-order valence-electron chi connectivity index (χ3n) is 9.00. The topological polar surface area (TPSA) is 134 Å². The van der Waals surface area contributed by atoms with Crippen LogP contribution in [0.2, 0.25) is 0 Å². The van der Waals surface area contributed by atoms with Crippen molar-refractivity contribution in [2.45, 2.75) is 109 Å². The van der Waals surface area contributed by atoms with Crippen LogP contribution < -0.4 is 5.32 Å². The fourth-order valence-electron chi connectivity index (χ4n) is 6.49. The van der Waals surface area contributed by atoms with Crippen LogP contribution in [-0.4, -0.2) is 130 Å². The highest BCUT2D eigenvalue weighted by Gasteiger charge is 2.45. The summed E-state index contributed by atoms with van der Waals surface area (Å²) >= 11 is 0. The van der Waals surface area contributed by atoms with Crippen molar-refractivity contribution in [3.63, 3.8) is 0 Å². The molecule has 3 rings (SSSR count). The van der Waals surface area contributed by atoms with E-state index in [1.807, 2.05) is 41.7 Å². The molecule has 3 aliphatic heterocycles. The predicted molar refractivity (Wildman–Crippen MR) is 151 cm³/mol. The lowest BCUT2D eigenvalue weighted by Crippen LogP contribution is -2.61. The molecule has 0 unspecified atom stereocenters. The number of β-amino-alcohol motifs (C(OH)–C–C–N with tert-alkyl or cyclic N) is 1. The van der Waals surface area contributed by atoms with E-state index in [1.54, 1.807) is 11.9 Å². The van der Waals surface area contributed by atoms with E-state index >= 15 is 0 Å². The van der Waals surface area contributed by atoms with Crippen LogP contribution in [0, 0.1) is 11.3 Å². The highest BCUT2D eigenvalue weighted by Crippen LogP contribution is 2.28. The van der Waals surface area contributed by atoms with E-state index in [0.29, 0.717) is 19.5 Å². The third-order valence-corrected chi connectivity index (χ3v) is 9.00. The van der Waals surface area contributed by atoms with Gasteiger partial charge in [0.1, 0.15) is 12.1 Å². The summed E-state index contributed by atoms with van der Waals surface area (Å²) in [6.45, 7) is 12.0. The van der Waals surface area contributed by atoms with E-state index in [1.165, 1.54) is 4.90 Å². The van der Waals surface area contributed by atoms with Gasteiger partial charge in [0, 0.05) is 32.6 Å². The van der Waals surface area contributed by atoms with E-state index in [4.69, 9.17) is 0 Å². The van der Waals surface area contributed by atoms with Gasteiger partial charge in [-0.1, -0.05) is 41.0 Å². The Balaban J connectivity index is 1.75. The first-order valence-corrected chi connectivity index (χ1v) is 14.9. The van der Waals surface area contributed by atoms with Crippen LogP contribution in [0.15, 0.2) is 0 Å². The maximum atomic E-state index is 14.0. The maximum absolute atomic E-state index is 14.0. The molecular formula is C29H51N5O6. The predicted octanol–water partition coefficient (Wildman–Crippen LogP) is 0.995. The molecule has 0 bridgehead atoms. The molecule has 0 aromatic heterocycles. The maximum Gasteiger partial charge on any atom is 0.326 e. The zero-order valence-electron chi connectivity index (χ0n) is 25.4. The minimum absolute atomic E-state index is 0.0231. The molecule has 0 aromatic carbocycles. The second-order valence-corrected chi connectivity index (χ2v) is 13.4. The smallest absolute Gasteiger partial charge is 0.326 e. The summed E-state index contributed by atoms with van der Waals surface area (Å²) in [5.41, 5.74) is -0.510. The van der Waals surface area contributed by atoms with Crippen molar-refractivity contribution >= 4 is 23.7 Å². The average molecular weight is 566 g/mol. The number of hydrogen-bond acceptors (Lipinski definition) is 7. The number of aliphatic hydroxyl groups excluding tert-OH is 1. The Hall–Kier alpha value is -2.24. The lowest BCUT2D eigenvalue weighted by atomic mass is 9.84. The summed E-state index contributed by atoms with van der Waals surface area (Å²) in [5.74, 6) is -1.57. The quantitative estimate of drug-likeness (QED) is 0.377. The first-order chi connectivity index (χ1) is 18.6. The van der Waals surface area contributed by atoms with E-state index in [-0.39, 0.29) is 48.7 Å². The van der Waals surface area contributed by atoms with Gasteiger partial charge in [0.25, 0.3) is 0 Å². The molecule has 3 fully saturated rings. The van der Waals surface area contributed by atoms with Crippen LogP contribution in [0.4, 0.5) is 0 Å². The van der Waals surface area contributed by atoms with Crippen LogP contribution in [0.5, 0.6) is 0 Å². The molecule has 11 nitrogen and oxygen atoms in total. The van der Waals surface area contributed by atoms with Gasteiger partial charge in [-0.3, -0.25) is 24.2 Å². The molecular weight excluding hydrogens is 514 g/mol. The average Bonchev–Trinajstić information content (AvgIpc) is 3.50. The van der Waals surface area contributed by atoms with Crippen molar-refractivity contribution in [3.8, 4) is 0 Å². The van der Waals surface area contributed by atoms with E-state index < -0.39 is 35.6 Å². The summed E-state index contributed by atoms with van der Waals surface area (Å²) in [7, 11) is 3.72. The van der Waals surface area contributed by atoms with Gasteiger partial charge in [0.15, 0.2) is 0 Å². The number of likely N-dealkylation sites (tertiary alicyclic amines) is 3. The summed E-state index contributed by atoms with van der Waals surface area (Å²) in [4.78, 5) is 59.7. The molecule has 40 heavy (non-hydrogen) atoms. The van der Waals surface area contributed by atoms with Crippen LogP contribution >= 0.6 is 0 Å². The molecule has 3 amide bonds. The first kappa shape index (κ1) is 32.3. The molecule has 11 heteroatoms. The number of carbonyl (C=O) groups excluding carboxylic acids is 3. The highest BCUT2D eigenvalue weighted by molar-refractivity contribution is 5.90. The number of carbonyl (C=O) groups is 4. The molecule has 3 N–H and O–H groups in total. The Kier molecular flexibility index (Phi) is 10.6. The molecule has 3 aliphatic rings. The largest absolute Gasteiger partial charge is 0.480 e. The second-order valence-electron chi connectivity index (χ2n) is 13.4. The third kappa shape index (κ3) is 7.33. The van der Waals surface area contributed by atoms with Gasteiger partial charge in [-0.25, -0.2) is 4.79 Å². The van der Waals surface area contributed by atoms with Crippen molar-refractivity contribution < 1.29 is 29.4 Å². The summed E-state index contributed by atoms with van der Waals surface area (Å²) in [5, 5.41) is 22.7. The molecule has 3 saturated heterocycles. The number of rotatable bonds is 9. The highest BCUT2D eigenvalue weighted by atomic mass is 16.4. The van der Waals surface area contributed by atoms with Gasteiger partial charge in [0.05, 0.1) is 18.2 Å². The summed E-state index contributed by atoms with van der Waals surface area (Å²) in [6, 6.07) is -2.68. The number of aliphatic hydroxyl groups is 1. The van der Waals surface area contributed by atoms with Crippen molar-refractivity contribution in [3.05, 3.63) is 0 Å². The number of carboxylic acid groups (broad SMARTS) is 1. The van der Waals surface area contributed by atoms with Crippen LogP contribution in [-0.2, 0) is 19.2 Å². The molecule has 0 aromatic rings. The van der Waals surface area contributed by atoms with Crippen LogP contribution in [0.1, 0.15) is 73.1 Å². The summed E-state index contributed by atoms with van der Waals surface area (Å²) in [6.07, 6.45) is 3.43. The Labute approximate surface area is 239 Å². The minimum Gasteiger partial charge on any atom is -0.480 e. The number of nitrogens with one attached hydrogen (secondary N) is 1. The van der Waals surface area contributed by atoms with Gasteiger partial charge in [0.2, 0.25) is 17.7 Å². The molecule has 6 atom stereocenters. The zero-order chi connectivity index (χ0) is 29.9. The number of piperidine rings is 1. The molecule has 228 valence electrons. The number of amides is 3. The molecule has 0 radical (unpaired) electrons. The van der Waals surface area contributed by atoms with E-state index in [0.717, 1.165) is 32.2 Å². The number of carboxylic acids is 1. The Bertz CT molecular complexity index is 936. The minimum atomic E-state index is -1.10. The lowest BCUT2D eigenvalue weighted by Gasteiger charge is -2.41. The number of aliphatic carboxylic acids is 1. The van der Waals surface area contributed by atoms with Crippen molar-refractivity contribution in [2.24, 2.45) is 11.3 Å². The normalized spacial score (nSPS) is 28.0. The Morgan fingerprint density at radius 2 is 1.65 bits per heavy atom. The van der Waals surface area contributed by atoms with Crippen LogP contribution in [0.3, 0.4) is 0 Å². The monoisotopic (exact) mass is 565 g/mol. The van der Waals surface area contributed by atoms with Crippen LogP contribution in [0.25, 0.3) is 0 Å². The number of nitrogens with zero attached hydrogens (tertiary/aromatic N) is 4. The van der Waals surface area contributed by atoms with Crippen molar-refractivity contribution in [1.29, 1.82) is 0 Å². The van der Waals surface area contributed by atoms with E-state index in [2.05, 4.69) is 15.1 Å². The lowest BCUT2D eigenvalue weighted by molar-refractivity contribution is -0.150. The summed E-state index contributed by atoms with van der Waals surface area (Å²) < 4.78 is 0. The van der Waals surface area contributed by atoms with Gasteiger partial charge in [-0.05, 0) is 57.2 Å². The SMILES string of the molecule is CC(C)[C@@H](CN1CCC[C@H]1C(=O)N1C[C@H](O)C[C@H]1C(=O)O)N(C)C(=O)[C@@H](NC(=O)[C@H]1CCCCN1C)C(C)(C)C. The standard InChI is InChI=1S/C29H51N5O6/c1-18(2)23(17-33-14-10-12-21(33)26(37)34-16-19(35)15-22(34)28(39)40)32(7)27(38)24(29(3,4)5)30-25(36)20-11-8-9-13-31(20)6/h18-24,35H,8-17H2,1-7H3,(H,30,36)(H,39,40)/t19-,20-,21+,22+,23-,24-/m1/s1. The fourth-order valence-corrected chi connectivity index (χ4v) is 6.49. The number of hydrogen-bond donors (Lipinski definition) is 3. The van der Waals surface area contributed by atoms with Gasteiger partial charge >= 0.3 is 5.97 Å². The van der Waals surface area contributed by atoms with Crippen molar-refractivity contribution in [2.75, 3.05) is 40.3 Å². The molecule has 0 aliphatic carbocycles. The molecule has 3 heterocycles. The second kappa shape index (κ2) is 13.2. The number of likely N-dealkylation sites (N-methyl/N-ethyl adjacent to an activating group) is 2. The van der Waals surface area contributed by atoms with Gasteiger partial charge in [-0.2, -0.15) is 0 Å². The van der Waals surface area contributed by atoms with Gasteiger partial charge < -0.3 is 25.3 Å². The fraction of sp³-hybridized carbons (Fsp3) is 0.862. The Morgan fingerprint density at radius 3 is 2.23 bits per heavy atom.